The summed E-state index contributed by atoms with van der Waals surface area (Å²) >= 11 is -2.44. The Kier molecular flexibility index (Phi) is 6.12. The van der Waals surface area contributed by atoms with Crippen molar-refractivity contribution in [1.29, 1.82) is 0 Å². The summed E-state index contributed by atoms with van der Waals surface area (Å²) in [5.74, 6) is 0. The first-order valence-corrected chi connectivity index (χ1v) is 15.9. The molecule has 161 valence electrons. The molecule has 1 heterocycles. The zero-order valence-electron chi connectivity index (χ0n) is 19.5. The molecule has 4 aromatic rings. The normalized spacial score (nSPS) is 14.8. The zero-order valence-corrected chi connectivity index (χ0v) is 22.4. The minimum atomic E-state index is -2.44. The molecule has 0 amide bonds. The number of hydrogen-bond acceptors (Lipinski definition) is 0. The zero-order chi connectivity index (χ0) is 22.8. The van der Waals surface area contributed by atoms with Gasteiger partial charge in [-0.3, -0.25) is 0 Å². The van der Waals surface area contributed by atoms with E-state index >= 15 is 0 Å². The Bertz CT molecular complexity index is 1190. The second kappa shape index (κ2) is 9.19. The van der Waals surface area contributed by atoms with Gasteiger partial charge in [-0.25, -0.2) is 0 Å². The van der Waals surface area contributed by atoms with E-state index in [1.54, 1.807) is 7.18 Å². The Morgan fingerprint density at radius 3 is 0.939 bits per heavy atom. The summed E-state index contributed by atoms with van der Waals surface area (Å²) in [6.07, 6.45) is 0. The average Bonchev–Trinajstić information content (AvgIpc) is 3.23. The first-order valence-electron chi connectivity index (χ1n) is 11.6. The monoisotopic (exact) mass is 533 g/mol. The fraction of sp³-hybridized carbons (Fsp3) is 0.125. The molecule has 0 aromatic heterocycles. The maximum absolute atomic E-state index is 2.46. The van der Waals surface area contributed by atoms with Gasteiger partial charge in [-0.2, -0.15) is 0 Å². The van der Waals surface area contributed by atoms with Crippen LogP contribution in [0.4, 0.5) is 0 Å². The Morgan fingerprint density at radius 1 is 0.394 bits per heavy atom. The molecule has 0 atom stereocenters. The number of hydrogen-bond donors (Lipinski definition) is 0. The number of allylic oxidation sites excluding steroid dienone is 2. The van der Waals surface area contributed by atoms with Gasteiger partial charge in [0.15, 0.2) is 0 Å². The van der Waals surface area contributed by atoms with Crippen LogP contribution in [0.25, 0.3) is 18.3 Å². The molecular formula is C32H29Sn. The Balaban J connectivity index is 1.94. The molecule has 4 aromatic carbocycles. The Labute approximate surface area is 205 Å². The van der Waals surface area contributed by atoms with E-state index in [0.29, 0.717) is 0 Å². The summed E-state index contributed by atoms with van der Waals surface area (Å²) < 4.78 is 3.47. The first-order chi connectivity index (χ1) is 16.1. The van der Waals surface area contributed by atoms with Crippen molar-refractivity contribution in [2.24, 2.45) is 0 Å². The number of benzene rings is 4. The molecular weight excluding hydrogens is 503 g/mol. The molecule has 1 aliphatic heterocycles. The molecule has 0 bridgehead atoms. The molecule has 0 fully saturated rings. The molecule has 0 saturated heterocycles. The van der Waals surface area contributed by atoms with Gasteiger partial charge < -0.3 is 0 Å². The predicted molar refractivity (Wildman–Crippen MR) is 145 cm³/mol. The topological polar surface area (TPSA) is 0 Å². The Morgan fingerprint density at radius 2 is 0.667 bits per heavy atom. The van der Waals surface area contributed by atoms with E-state index in [9.17, 15) is 0 Å². The van der Waals surface area contributed by atoms with Crippen molar-refractivity contribution in [1.82, 2.24) is 0 Å². The molecule has 1 radical (unpaired) electrons. The van der Waals surface area contributed by atoms with E-state index in [-0.39, 0.29) is 3.43 Å². The molecule has 0 spiro atoms. The van der Waals surface area contributed by atoms with Crippen LogP contribution in [0, 0.1) is 0 Å². The fourth-order valence-electron chi connectivity index (χ4n) is 4.95. The second-order valence-corrected chi connectivity index (χ2v) is 18.9. The summed E-state index contributed by atoms with van der Waals surface area (Å²) in [4.78, 5) is 0. The van der Waals surface area contributed by atoms with Gasteiger partial charge in [-0.15, -0.1) is 0 Å². The first kappa shape index (κ1) is 22.0. The van der Waals surface area contributed by atoms with Crippen molar-refractivity contribution in [3.05, 3.63) is 144 Å². The van der Waals surface area contributed by atoms with Crippen LogP contribution in [0.15, 0.2) is 121 Å². The molecule has 0 N–H and O–H groups in total. The van der Waals surface area contributed by atoms with Crippen molar-refractivity contribution >= 4 is 38.1 Å². The molecule has 1 heteroatoms. The molecule has 5 rings (SSSR count). The van der Waals surface area contributed by atoms with Crippen molar-refractivity contribution < 1.29 is 0 Å². The van der Waals surface area contributed by atoms with Crippen molar-refractivity contribution in [3.63, 3.8) is 0 Å². The fourth-order valence-corrected chi connectivity index (χ4v) is 15.5. The van der Waals surface area contributed by atoms with Crippen LogP contribution >= 0.6 is 0 Å². The minimum absolute atomic E-state index is 0.231. The summed E-state index contributed by atoms with van der Waals surface area (Å²) in [6.45, 7) is 7.39. The molecule has 0 unspecified atom stereocenters. The second-order valence-electron chi connectivity index (χ2n) is 9.59. The number of rotatable bonds is 4. The van der Waals surface area contributed by atoms with Gasteiger partial charge in [-0.1, -0.05) is 0 Å². The van der Waals surface area contributed by atoms with Crippen LogP contribution < -0.4 is 0 Å². The summed E-state index contributed by atoms with van der Waals surface area (Å²) in [5, 5.41) is 0. The van der Waals surface area contributed by atoms with Gasteiger partial charge in [0, 0.05) is 0 Å². The van der Waals surface area contributed by atoms with Crippen LogP contribution in [0.2, 0.25) is 3.43 Å². The molecule has 0 saturated carbocycles. The van der Waals surface area contributed by atoms with Crippen molar-refractivity contribution in [2.75, 3.05) is 0 Å². The average molecular weight is 532 g/mol. The van der Waals surface area contributed by atoms with E-state index < -0.39 is 19.8 Å². The quantitative estimate of drug-likeness (QED) is 0.231. The van der Waals surface area contributed by atoms with Gasteiger partial charge >= 0.3 is 206 Å². The van der Waals surface area contributed by atoms with Crippen LogP contribution in [-0.2, 0) is 0 Å². The van der Waals surface area contributed by atoms with Gasteiger partial charge in [0.2, 0.25) is 0 Å². The Hall–Kier alpha value is -2.84. The summed E-state index contributed by atoms with van der Waals surface area (Å²) in [6, 6.07) is 44.4. The van der Waals surface area contributed by atoms with E-state index in [1.165, 1.54) is 33.4 Å². The third-order valence-corrected chi connectivity index (χ3v) is 16.5. The predicted octanol–water partition coefficient (Wildman–Crippen LogP) is 8.60. The van der Waals surface area contributed by atoms with Crippen molar-refractivity contribution in [2.45, 2.75) is 24.2 Å². The summed E-state index contributed by atoms with van der Waals surface area (Å²) in [7, 11) is 0. The van der Waals surface area contributed by atoms with Crippen LogP contribution in [0.3, 0.4) is 0 Å². The standard InChI is InChI=1S/C28H20.C4H9.Sn/c1-5-13-23(14-6-1)21-27(25-17-9-3-10-18-25)28(26-19-11-4-12-20-26)22-24-15-7-2-8-16-24;1-4(2)3;/h1-20H;1-3H3;. The van der Waals surface area contributed by atoms with Gasteiger partial charge in [0.05, 0.1) is 0 Å². The van der Waals surface area contributed by atoms with Gasteiger partial charge in [0.25, 0.3) is 0 Å². The molecule has 33 heavy (non-hydrogen) atoms. The molecule has 1 aliphatic rings. The van der Waals surface area contributed by atoms with Crippen LogP contribution in [-0.4, -0.2) is 19.8 Å². The molecule has 0 aliphatic carbocycles. The van der Waals surface area contributed by atoms with Crippen LogP contribution in [0.1, 0.15) is 43.0 Å². The van der Waals surface area contributed by atoms with Crippen molar-refractivity contribution in [3.8, 4) is 0 Å². The van der Waals surface area contributed by atoms with E-state index in [1.807, 2.05) is 0 Å². The van der Waals surface area contributed by atoms with E-state index in [2.05, 4.69) is 142 Å². The van der Waals surface area contributed by atoms with Crippen LogP contribution in [0.5, 0.6) is 0 Å². The SMILES string of the molecule is C[C](C)(C)[Sn]1[C](c2ccccc2)=C(c2ccccc2)C(c2ccccc2)=[C]1c1ccccc1. The maximum atomic E-state index is 2.46. The van der Waals surface area contributed by atoms with E-state index in [0.717, 1.165) is 0 Å². The van der Waals surface area contributed by atoms with Gasteiger partial charge in [0.1, 0.15) is 0 Å². The summed E-state index contributed by atoms with van der Waals surface area (Å²) in [5.41, 5.74) is 8.31. The van der Waals surface area contributed by atoms with E-state index in [4.69, 9.17) is 0 Å². The molecule has 0 nitrogen and oxygen atoms in total. The third-order valence-electron chi connectivity index (χ3n) is 6.25. The third kappa shape index (κ3) is 4.25. The van der Waals surface area contributed by atoms with Gasteiger partial charge in [-0.05, 0) is 0 Å².